The molecule has 0 aliphatic heterocycles. The highest BCUT2D eigenvalue weighted by Gasteiger charge is 2.17. The molecule has 0 fully saturated rings. The third-order valence-corrected chi connectivity index (χ3v) is 4.01. The summed E-state index contributed by atoms with van der Waals surface area (Å²) in [5, 5.41) is 1.75. The second-order valence-corrected chi connectivity index (χ2v) is 5.60. The molecule has 2 aromatic rings. The number of rotatable bonds is 3. The van der Waals surface area contributed by atoms with Crippen LogP contribution in [0.4, 0.5) is 13.9 Å². The van der Waals surface area contributed by atoms with Gasteiger partial charge < -0.3 is 0 Å². The van der Waals surface area contributed by atoms with Crippen molar-refractivity contribution < 1.29 is 18.6 Å². The lowest BCUT2D eigenvalue weighted by atomic mass is 10.3. The normalized spacial score (nSPS) is 11.4. The van der Waals surface area contributed by atoms with Gasteiger partial charge in [0.2, 0.25) is 0 Å². The third-order valence-electron chi connectivity index (χ3n) is 1.86. The second kappa shape index (κ2) is 4.38. The van der Waals surface area contributed by atoms with Gasteiger partial charge in [0.15, 0.2) is 16.8 Å². The average molecular weight is 278 g/mol. The molecule has 1 aromatic carbocycles. The molecule has 0 unspecified atom stereocenters. The fraction of sp³-hybridized carbons (Fsp3) is 0. The topological polar surface area (TPSA) is 59.1 Å². The summed E-state index contributed by atoms with van der Waals surface area (Å²) in [6.07, 6.45) is 1.42. The molecule has 0 aliphatic carbocycles. The van der Waals surface area contributed by atoms with E-state index in [0.29, 0.717) is 6.07 Å². The molecule has 0 bridgehead atoms. The highest BCUT2D eigenvalue weighted by Crippen LogP contribution is 2.19. The second-order valence-electron chi connectivity index (χ2n) is 3.02. The first kappa shape index (κ1) is 11.9. The summed E-state index contributed by atoms with van der Waals surface area (Å²) >= 11 is 1.08. The Morgan fingerprint density at radius 2 is 2.06 bits per heavy atom. The molecule has 0 saturated heterocycles. The summed E-state index contributed by atoms with van der Waals surface area (Å²) in [7, 11) is -3.93. The number of anilines is 1. The Morgan fingerprint density at radius 1 is 1.29 bits per heavy atom. The van der Waals surface area contributed by atoms with Crippen molar-refractivity contribution in [3.8, 4) is 0 Å². The van der Waals surface area contributed by atoms with Gasteiger partial charge in [0, 0.05) is 13.0 Å². The van der Waals surface area contributed by atoms with Gasteiger partial charge in [0.05, 0.1) is 4.90 Å². The summed E-state index contributed by atoms with van der Waals surface area (Å²) in [5.74, 6) is -2.31. The van der Waals surface area contributed by atoms with E-state index in [9.17, 15) is 17.2 Å². The van der Waals surface area contributed by atoms with Crippen LogP contribution in [0.5, 0.6) is 0 Å². The number of hydrogen-bond acceptors (Lipinski definition) is 4. The van der Waals surface area contributed by atoms with Gasteiger partial charge in [-0.05, 0) is 18.2 Å². The van der Waals surface area contributed by atoms with E-state index in [-0.39, 0.29) is 11.5 Å². The number of benzene rings is 1. The molecule has 8 heteroatoms. The average Bonchev–Trinajstić information content (AvgIpc) is 2.73. The predicted molar refractivity (Wildman–Crippen MR) is 61.4 cm³/mol. The first-order valence-corrected chi connectivity index (χ1v) is 6.73. The molecule has 0 radical (unpaired) electrons. The Bertz CT molecular complexity index is 632. The summed E-state index contributed by atoms with van der Waals surface area (Å²) in [6.45, 7) is 0. The Hall–Kier alpha value is -1.54. The van der Waals surface area contributed by atoms with Crippen LogP contribution in [0, 0.1) is 11.6 Å². The van der Waals surface area contributed by atoms with Crippen molar-refractivity contribution >= 4 is 26.5 Å². The summed E-state index contributed by atoms with van der Waals surface area (Å²) < 4.78 is 51.2. The molecule has 17 heavy (non-hydrogen) atoms. The third kappa shape index (κ3) is 2.59. The molecule has 0 amide bonds. The number of thiazole rings is 1. The van der Waals surface area contributed by atoms with Crippen molar-refractivity contribution in [2.24, 2.45) is 0 Å². The van der Waals surface area contributed by atoms with Crippen LogP contribution >= 0.6 is 11.3 Å². The zero-order chi connectivity index (χ0) is 12.5. The van der Waals surface area contributed by atoms with E-state index < -0.39 is 21.7 Å². The highest BCUT2D eigenvalue weighted by atomic mass is 32.2. The van der Waals surface area contributed by atoms with Gasteiger partial charge in [-0.3, -0.25) is 4.72 Å². The van der Waals surface area contributed by atoms with Gasteiger partial charge >= 0.3 is 0 Å². The van der Waals surface area contributed by atoms with E-state index in [4.69, 9.17) is 0 Å². The predicted octanol–water partition coefficient (Wildman–Crippen LogP) is 2.47. The number of aromatic nitrogens is 1. The van der Waals surface area contributed by atoms with Crippen LogP contribution in [-0.4, -0.2) is 13.4 Å². The van der Waals surface area contributed by atoms with Crippen LogP contribution in [0.15, 0.2) is 34.7 Å². The lowest BCUT2D eigenvalue weighted by molar-refractivity contribution is 0.504. The molecule has 92 valence electrons. The molecule has 1 aromatic heterocycles. The molecule has 2 rings (SSSR count). The Balaban J connectivity index is 0.00000162. The van der Waals surface area contributed by atoms with Crippen molar-refractivity contribution in [3.05, 3.63) is 41.4 Å². The molecular formula is C9H8F2N2O2S2. The Morgan fingerprint density at radius 3 is 2.65 bits per heavy atom. The first-order valence-electron chi connectivity index (χ1n) is 4.36. The maximum absolute atomic E-state index is 12.9. The monoisotopic (exact) mass is 278 g/mol. The number of hydrogen-bond donors (Lipinski definition) is 1. The van der Waals surface area contributed by atoms with E-state index >= 15 is 0 Å². The minimum absolute atomic E-state index is 0. The number of sulfonamides is 1. The summed E-state index contributed by atoms with van der Waals surface area (Å²) in [4.78, 5) is 3.37. The van der Waals surface area contributed by atoms with E-state index in [1.807, 2.05) is 0 Å². The standard InChI is InChI=1S/C9H6F2N2O2S2.H2/c10-7-2-1-6(5-8(7)11)17(14,15)13-9-12-3-4-16-9;/h1-5H,(H,12,13);1H. The SMILES string of the molecule is O=S(=O)(Nc1nccs1)c1ccc(F)c(F)c1.[HH]. The van der Waals surface area contributed by atoms with E-state index in [0.717, 1.165) is 23.5 Å². The smallest absolute Gasteiger partial charge is 0.255 e. The zero-order valence-electron chi connectivity index (χ0n) is 8.22. The molecule has 4 nitrogen and oxygen atoms in total. The van der Waals surface area contributed by atoms with Crippen molar-refractivity contribution in [3.63, 3.8) is 0 Å². The van der Waals surface area contributed by atoms with Gasteiger partial charge in [-0.1, -0.05) is 0 Å². The van der Waals surface area contributed by atoms with E-state index in [1.165, 1.54) is 6.20 Å². The molecule has 1 N–H and O–H groups in total. The van der Waals surface area contributed by atoms with Gasteiger partial charge in [0.25, 0.3) is 10.0 Å². The highest BCUT2D eigenvalue weighted by molar-refractivity contribution is 7.93. The minimum Gasteiger partial charge on any atom is -0.255 e. The maximum Gasteiger partial charge on any atom is 0.263 e. The van der Waals surface area contributed by atoms with Crippen LogP contribution in [0.2, 0.25) is 0 Å². The van der Waals surface area contributed by atoms with Crippen molar-refractivity contribution in [2.75, 3.05) is 4.72 Å². The van der Waals surface area contributed by atoms with Gasteiger partial charge in [-0.2, -0.15) is 0 Å². The van der Waals surface area contributed by atoms with Gasteiger partial charge in [0.1, 0.15) is 0 Å². The molecule has 0 spiro atoms. The van der Waals surface area contributed by atoms with E-state index in [1.54, 1.807) is 5.38 Å². The fourth-order valence-corrected chi connectivity index (χ4v) is 2.89. The molecule has 0 saturated carbocycles. The number of halogens is 2. The summed E-state index contributed by atoms with van der Waals surface area (Å²) in [6, 6.07) is 2.35. The van der Waals surface area contributed by atoms with Crippen LogP contribution in [-0.2, 0) is 10.0 Å². The zero-order valence-corrected chi connectivity index (χ0v) is 9.86. The minimum atomic E-state index is -3.93. The Kier molecular flexibility index (Phi) is 3.07. The first-order chi connectivity index (χ1) is 7.99. The van der Waals surface area contributed by atoms with Crippen molar-refractivity contribution in [2.45, 2.75) is 4.90 Å². The Labute approximate surface area is 101 Å². The maximum atomic E-state index is 12.9. The lowest BCUT2D eigenvalue weighted by Gasteiger charge is -2.05. The number of nitrogens with one attached hydrogen (secondary N) is 1. The van der Waals surface area contributed by atoms with Gasteiger partial charge in [-0.15, -0.1) is 11.3 Å². The van der Waals surface area contributed by atoms with E-state index in [2.05, 4.69) is 9.71 Å². The summed E-state index contributed by atoms with van der Waals surface area (Å²) in [5.41, 5.74) is 0. The lowest BCUT2D eigenvalue weighted by Crippen LogP contribution is -2.13. The van der Waals surface area contributed by atoms with Crippen LogP contribution in [0.25, 0.3) is 0 Å². The van der Waals surface area contributed by atoms with Gasteiger partial charge in [-0.25, -0.2) is 22.2 Å². The van der Waals surface area contributed by atoms with Crippen LogP contribution < -0.4 is 4.72 Å². The van der Waals surface area contributed by atoms with Crippen LogP contribution in [0.1, 0.15) is 1.43 Å². The van der Waals surface area contributed by atoms with Crippen molar-refractivity contribution in [1.82, 2.24) is 4.98 Å². The molecule has 0 aliphatic rings. The largest absolute Gasteiger partial charge is 0.263 e. The number of nitrogens with zero attached hydrogens (tertiary/aromatic N) is 1. The van der Waals surface area contributed by atoms with Crippen molar-refractivity contribution in [1.29, 1.82) is 0 Å². The fourth-order valence-electron chi connectivity index (χ4n) is 1.09. The van der Waals surface area contributed by atoms with Crippen LogP contribution in [0.3, 0.4) is 0 Å². The quantitative estimate of drug-likeness (QED) is 0.938. The molecule has 0 atom stereocenters. The molecule has 1 heterocycles. The molecular weight excluding hydrogens is 270 g/mol.